The van der Waals surface area contributed by atoms with Crippen LogP contribution in [-0.4, -0.2) is 55.8 Å². The summed E-state index contributed by atoms with van der Waals surface area (Å²) >= 11 is 0. The fourth-order valence-corrected chi connectivity index (χ4v) is 7.53. The Hall–Kier alpha value is -2.22. The lowest BCUT2D eigenvalue weighted by molar-refractivity contribution is -0.127. The van der Waals surface area contributed by atoms with Crippen LogP contribution in [0.25, 0.3) is 0 Å². The van der Waals surface area contributed by atoms with Gasteiger partial charge < -0.3 is 5.32 Å². The van der Waals surface area contributed by atoms with Gasteiger partial charge in [-0.1, -0.05) is 42.0 Å². The molecule has 6 nitrogen and oxygen atoms in total. The summed E-state index contributed by atoms with van der Waals surface area (Å²) in [6, 6.07) is 12.6. The summed E-state index contributed by atoms with van der Waals surface area (Å²) in [7, 11) is -3.56. The fraction of sp³-hybridized carbons (Fsp3) is 0.536. The zero-order chi connectivity index (χ0) is 25.2. The summed E-state index contributed by atoms with van der Waals surface area (Å²) in [5.74, 6) is -0.0336. The van der Waals surface area contributed by atoms with Crippen molar-refractivity contribution >= 4 is 15.9 Å². The van der Waals surface area contributed by atoms with E-state index in [-0.39, 0.29) is 17.9 Å². The van der Waals surface area contributed by atoms with Crippen LogP contribution in [0.4, 0.5) is 0 Å². The van der Waals surface area contributed by atoms with Crippen LogP contribution < -0.4 is 5.32 Å². The molecule has 0 aliphatic carbocycles. The predicted molar refractivity (Wildman–Crippen MR) is 140 cm³/mol. The third kappa shape index (κ3) is 5.96. The minimum absolute atomic E-state index is 0.0853. The highest BCUT2D eigenvalue weighted by atomic mass is 32.2. The number of carbonyl (C=O) groups excluding carboxylic acids is 1. The van der Waals surface area contributed by atoms with Gasteiger partial charge in [-0.3, -0.25) is 9.69 Å². The van der Waals surface area contributed by atoms with Gasteiger partial charge >= 0.3 is 0 Å². The molecule has 0 saturated carbocycles. The van der Waals surface area contributed by atoms with Crippen molar-refractivity contribution in [3.63, 3.8) is 0 Å². The van der Waals surface area contributed by atoms with Gasteiger partial charge in [-0.25, -0.2) is 8.42 Å². The maximum absolute atomic E-state index is 13.3. The molecule has 0 unspecified atom stereocenters. The lowest BCUT2D eigenvalue weighted by Crippen LogP contribution is -2.48. The number of aryl methyl sites for hydroxylation is 4. The number of nitrogens with zero attached hydrogens (tertiary/aromatic N) is 2. The maximum Gasteiger partial charge on any atom is 0.243 e. The third-order valence-electron chi connectivity index (χ3n) is 7.62. The van der Waals surface area contributed by atoms with Crippen LogP contribution in [0, 0.1) is 33.6 Å². The number of piperidine rings is 2. The quantitative estimate of drug-likeness (QED) is 0.652. The third-order valence-corrected chi connectivity index (χ3v) is 9.82. The van der Waals surface area contributed by atoms with Crippen LogP contribution in [0.15, 0.2) is 41.3 Å². The smallest absolute Gasteiger partial charge is 0.243 e. The summed E-state index contributed by atoms with van der Waals surface area (Å²) in [4.78, 5) is 15.8. The molecule has 1 amide bonds. The van der Waals surface area contributed by atoms with E-state index >= 15 is 0 Å². The van der Waals surface area contributed by atoms with Gasteiger partial charge in [0.15, 0.2) is 0 Å². The molecule has 0 radical (unpaired) electrons. The Morgan fingerprint density at radius 3 is 2.09 bits per heavy atom. The molecule has 0 bridgehead atoms. The van der Waals surface area contributed by atoms with E-state index in [1.54, 1.807) is 4.31 Å². The van der Waals surface area contributed by atoms with E-state index < -0.39 is 10.0 Å². The van der Waals surface area contributed by atoms with Gasteiger partial charge in [0, 0.05) is 44.7 Å². The second-order valence-corrected chi connectivity index (χ2v) is 12.3. The van der Waals surface area contributed by atoms with Gasteiger partial charge in [0.1, 0.15) is 0 Å². The monoisotopic (exact) mass is 497 g/mol. The summed E-state index contributed by atoms with van der Waals surface area (Å²) < 4.78 is 28.2. The zero-order valence-electron chi connectivity index (χ0n) is 21.5. The van der Waals surface area contributed by atoms with Gasteiger partial charge in [0.25, 0.3) is 0 Å². The van der Waals surface area contributed by atoms with Crippen molar-refractivity contribution in [3.8, 4) is 0 Å². The van der Waals surface area contributed by atoms with Crippen molar-refractivity contribution in [2.45, 2.75) is 70.9 Å². The number of carbonyl (C=O) groups is 1. The molecule has 2 fully saturated rings. The van der Waals surface area contributed by atoms with Crippen molar-refractivity contribution < 1.29 is 13.2 Å². The van der Waals surface area contributed by atoms with Crippen molar-refractivity contribution in [1.29, 1.82) is 0 Å². The van der Waals surface area contributed by atoms with Gasteiger partial charge in [0.05, 0.1) is 4.90 Å². The number of hydrogen-bond acceptors (Lipinski definition) is 4. The number of hydrogen-bond donors (Lipinski definition) is 1. The summed E-state index contributed by atoms with van der Waals surface area (Å²) in [6.45, 7) is 11.6. The molecule has 0 atom stereocenters. The Balaban J connectivity index is 1.27. The zero-order valence-corrected chi connectivity index (χ0v) is 22.3. The van der Waals surface area contributed by atoms with Crippen LogP contribution in [0.2, 0.25) is 0 Å². The lowest BCUT2D eigenvalue weighted by atomic mass is 9.95. The molecule has 190 valence electrons. The minimum Gasteiger partial charge on any atom is -0.353 e. The molecule has 2 saturated heterocycles. The van der Waals surface area contributed by atoms with E-state index in [1.165, 1.54) is 11.1 Å². The van der Waals surface area contributed by atoms with E-state index in [4.69, 9.17) is 0 Å². The first-order chi connectivity index (χ1) is 16.6. The molecule has 0 spiro atoms. The molecule has 7 heteroatoms. The van der Waals surface area contributed by atoms with Crippen molar-refractivity contribution in [1.82, 2.24) is 14.5 Å². The number of sulfonamides is 1. The van der Waals surface area contributed by atoms with Crippen molar-refractivity contribution in [2.24, 2.45) is 5.92 Å². The number of rotatable bonds is 6. The molecule has 2 aliphatic heterocycles. The number of likely N-dealkylation sites (tertiary alicyclic amines) is 1. The highest BCUT2D eigenvalue weighted by molar-refractivity contribution is 7.89. The second-order valence-electron chi connectivity index (χ2n) is 10.4. The normalized spacial score (nSPS) is 19.1. The SMILES string of the molecule is Cc1cc(C)c(S(=O)(=O)N2CCC(C(=O)NC3CCN(Cc4ccccc4C)CC3)CC2)c(C)c1. The van der Waals surface area contributed by atoms with Gasteiger partial charge in [-0.05, 0) is 75.6 Å². The molecule has 1 N–H and O–H groups in total. The molecule has 4 rings (SSSR count). The minimum atomic E-state index is -3.56. The first-order valence-electron chi connectivity index (χ1n) is 12.8. The summed E-state index contributed by atoms with van der Waals surface area (Å²) in [5.41, 5.74) is 5.33. The summed E-state index contributed by atoms with van der Waals surface area (Å²) in [5, 5.41) is 3.26. The lowest BCUT2D eigenvalue weighted by Gasteiger charge is -2.35. The molecule has 2 aliphatic rings. The molecule has 2 aromatic carbocycles. The molecular weight excluding hydrogens is 458 g/mol. The largest absolute Gasteiger partial charge is 0.353 e. The Morgan fingerprint density at radius 1 is 0.886 bits per heavy atom. The van der Waals surface area contributed by atoms with Gasteiger partial charge in [-0.2, -0.15) is 4.31 Å². The van der Waals surface area contributed by atoms with Crippen LogP contribution in [0.3, 0.4) is 0 Å². The standard InChI is InChI=1S/C28H39N3O3S/c1-20-17-22(3)27(23(4)18-20)35(33,34)31-15-9-24(10-16-31)28(32)29-26-11-13-30(14-12-26)19-25-8-6-5-7-21(25)2/h5-8,17-18,24,26H,9-16,19H2,1-4H3,(H,29,32). The topological polar surface area (TPSA) is 69.7 Å². The van der Waals surface area contributed by atoms with Crippen LogP contribution in [0.1, 0.15) is 53.5 Å². The maximum atomic E-state index is 13.3. The van der Waals surface area contributed by atoms with Gasteiger partial charge in [-0.15, -0.1) is 0 Å². The average molecular weight is 498 g/mol. The van der Waals surface area contributed by atoms with Gasteiger partial charge in [0.2, 0.25) is 15.9 Å². The van der Waals surface area contributed by atoms with E-state index in [9.17, 15) is 13.2 Å². The Bertz CT molecular complexity index is 1140. The number of benzene rings is 2. The van der Waals surface area contributed by atoms with Crippen LogP contribution in [-0.2, 0) is 21.4 Å². The molecule has 35 heavy (non-hydrogen) atoms. The van der Waals surface area contributed by atoms with E-state index in [0.717, 1.165) is 49.2 Å². The highest BCUT2D eigenvalue weighted by Crippen LogP contribution is 2.29. The number of amides is 1. The van der Waals surface area contributed by atoms with E-state index in [1.807, 2.05) is 32.9 Å². The second kappa shape index (κ2) is 10.8. The van der Waals surface area contributed by atoms with E-state index in [2.05, 4.69) is 41.4 Å². The van der Waals surface area contributed by atoms with Crippen molar-refractivity contribution in [3.05, 3.63) is 64.2 Å². The number of nitrogens with one attached hydrogen (secondary N) is 1. The first-order valence-corrected chi connectivity index (χ1v) is 14.2. The fourth-order valence-electron chi connectivity index (χ4n) is 5.64. The molecule has 0 aromatic heterocycles. The first kappa shape index (κ1) is 25.9. The molecule has 2 aromatic rings. The predicted octanol–water partition coefficient (Wildman–Crippen LogP) is 4.10. The van der Waals surface area contributed by atoms with E-state index in [0.29, 0.717) is 30.8 Å². The molecule has 2 heterocycles. The molecular formula is C28H39N3O3S. The Labute approximate surface area is 210 Å². The van der Waals surface area contributed by atoms with Crippen molar-refractivity contribution in [2.75, 3.05) is 26.2 Å². The van der Waals surface area contributed by atoms with Crippen LogP contribution in [0.5, 0.6) is 0 Å². The summed E-state index contributed by atoms with van der Waals surface area (Å²) in [6.07, 6.45) is 3.05. The Morgan fingerprint density at radius 2 is 1.49 bits per heavy atom. The Kier molecular flexibility index (Phi) is 7.99. The average Bonchev–Trinajstić information content (AvgIpc) is 2.81. The highest BCUT2D eigenvalue weighted by Gasteiger charge is 2.34. The van der Waals surface area contributed by atoms with Crippen LogP contribution >= 0.6 is 0 Å².